The van der Waals surface area contributed by atoms with E-state index in [1.165, 1.54) is 0 Å². The molecule has 2 aliphatic heterocycles. The van der Waals surface area contributed by atoms with Crippen LogP contribution in [0.5, 0.6) is 0 Å². The summed E-state index contributed by atoms with van der Waals surface area (Å²) < 4.78 is 5.28. The molecule has 1 saturated heterocycles. The van der Waals surface area contributed by atoms with Crippen molar-refractivity contribution in [1.29, 1.82) is 0 Å². The molecule has 1 fully saturated rings. The maximum atomic E-state index is 12.9. The van der Waals surface area contributed by atoms with E-state index in [1.54, 1.807) is 24.5 Å². The van der Waals surface area contributed by atoms with Gasteiger partial charge in [0.1, 0.15) is 5.76 Å². The van der Waals surface area contributed by atoms with Gasteiger partial charge in [-0.1, -0.05) is 0 Å². The van der Waals surface area contributed by atoms with Crippen molar-refractivity contribution in [2.75, 3.05) is 11.4 Å². The van der Waals surface area contributed by atoms with Gasteiger partial charge >= 0.3 is 0 Å². The van der Waals surface area contributed by atoms with E-state index in [4.69, 9.17) is 4.42 Å². The first-order valence-corrected chi connectivity index (χ1v) is 8.97. The third kappa shape index (κ3) is 3.05. The number of carbonyl (C=O) groups excluding carboxylic acids is 1. The summed E-state index contributed by atoms with van der Waals surface area (Å²) in [6.45, 7) is 1.24. The Hall–Kier alpha value is -2.83. The van der Waals surface area contributed by atoms with Crippen molar-refractivity contribution in [2.24, 2.45) is 5.92 Å². The molecule has 0 bridgehead atoms. The Morgan fingerprint density at radius 2 is 2.23 bits per heavy atom. The minimum atomic E-state index is -0.380. The predicted octanol–water partition coefficient (Wildman–Crippen LogP) is 3.04. The Labute approximate surface area is 151 Å². The van der Waals surface area contributed by atoms with Crippen LogP contribution in [0.2, 0.25) is 0 Å². The number of nitrogens with one attached hydrogen (secondary N) is 1. The number of nitro groups is 1. The van der Waals surface area contributed by atoms with Crippen molar-refractivity contribution >= 4 is 17.3 Å². The second kappa shape index (κ2) is 6.82. The molecule has 1 aromatic heterocycles. The number of hydrogen-bond donors (Lipinski definition) is 1. The summed E-state index contributed by atoms with van der Waals surface area (Å²) in [6, 6.07) is 8.78. The Morgan fingerprint density at radius 3 is 3.00 bits per heavy atom. The third-order valence-corrected chi connectivity index (χ3v) is 5.39. The number of nitrogens with zero attached hydrogens (tertiary/aromatic N) is 2. The molecule has 4 rings (SSSR count). The van der Waals surface area contributed by atoms with E-state index in [2.05, 4.69) is 10.2 Å². The minimum absolute atomic E-state index is 0.0181. The maximum absolute atomic E-state index is 12.9. The number of carbonyl (C=O) groups is 1. The highest BCUT2D eigenvalue weighted by atomic mass is 16.6. The molecule has 136 valence electrons. The predicted molar refractivity (Wildman–Crippen MR) is 95.8 cm³/mol. The van der Waals surface area contributed by atoms with Crippen LogP contribution in [-0.4, -0.2) is 23.4 Å². The quantitative estimate of drug-likeness (QED) is 0.673. The van der Waals surface area contributed by atoms with Crippen LogP contribution in [0.3, 0.4) is 0 Å². The Kier molecular flexibility index (Phi) is 4.36. The number of non-ortho nitro benzene ring substituents is 1. The summed E-state index contributed by atoms with van der Waals surface area (Å²) >= 11 is 0. The Morgan fingerprint density at radius 1 is 1.35 bits per heavy atom. The lowest BCUT2D eigenvalue weighted by atomic mass is 9.80. The number of nitro benzene ring substituents is 1. The number of hydrogen-bond acceptors (Lipinski definition) is 5. The van der Waals surface area contributed by atoms with Crippen LogP contribution in [0.25, 0.3) is 0 Å². The average Bonchev–Trinajstić information content (AvgIpc) is 3.18. The van der Waals surface area contributed by atoms with Crippen molar-refractivity contribution < 1.29 is 14.1 Å². The van der Waals surface area contributed by atoms with Gasteiger partial charge in [-0.15, -0.1) is 0 Å². The van der Waals surface area contributed by atoms with Crippen LogP contribution in [0.4, 0.5) is 11.4 Å². The Bertz CT molecular complexity index is 818. The van der Waals surface area contributed by atoms with E-state index in [1.807, 2.05) is 12.1 Å². The van der Waals surface area contributed by atoms with E-state index in [9.17, 15) is 14.9 Å². The van der Waals surface area contributed by atoms with E-state index in [0.29, 0.717) is 18.7 Å². The van der Waals surface area contributed by atoms with Crippen molar-refractivity contribution in [3.8, 4) is 0 Å². The van der Waals surface area contributed by atoms with Crippen molar-refractivity contribution in [1.82, 2.24) is 5.32 Å². The number of amides is 1. The molecule has 0 spiro atoms. The van der Waals surface area contributed by atoms with Gasteiger partial charge in [-0.25, -0.2) is 0 Å². The number of benzene rings is 1. The van der Waals surface area contributed by atoms with Crippen LogP contribution < -0.4 is 10.2 Å². The van der Waals surface area contributed by atoms with E-state index in [-0.39, 0.29) is 28.5 Å². The SMILES string of the molecule is O=C(NCc1ccco1)C1Cc2cc([N+](=O)[O-])ccc2N2CCCCC12. The van der Waals surface area contributed by atoms with Gasteiger partial charge in [-0.05, 0) is 49.4 Å². The highest BCUT2D eigenvalue weighted by molar-refractivity contribution is 5.82. The first kappa shape index (κ1) is 16.6. The first-order chi connectivity index (χ1) is 12.6. The van der Waals surface area contributed by atoms with Crippen LogP contribution in [0.15, 0.2) is 41.0 Å². The zero-order valence-electron chi connectivity index (χ0n) is 14.4. The van der Waals surface area contributed by atoms with Gasteiger partial charge in [0.25, 0.3) is 5.69 Å². The number of fused-ring (bicyclic) bond motifs is 3. The largest absolute Gasteiger partial charge is 0.467 e. The topological polar surface area (TPSA) is 88.6 Å². The lowest BCUT2D eigenvalue weighted by molar-refractivity contribution is -0.384. The maximum Gasteiger partial charge on any atom is 0.269 e. The summed E-state index contributed by atoms with van der Waals surface area (Å²) in [6.07, 6.45) is 5.26. The normalized spacial score (nSPS) is 21.6. The summed E-state index contributed by atoms with van der Waals surface area (Å²) in [5, 5.41) is 14.1. The van der Waals surface area contributed by atoms with Crippen LogP contribution in [0, 0.1) is 16.0 Å². The highest BCUT2D eigenvalue weighted by Gasteiger charge is 2.39. The van der Waals surface area contributed by atoms with Gasteiger partial charge < -0.3 is 14.6 Å². The molecule has 0 saturated carbocycles. The molecule has 26 heavy (non-hydrogen) atoms. The minimum Gasteiger partial charge on any atom is -0.467 e. The van der Waals surface area contributed by atoms with E-state index >= 15 is 0 Å². The first-order valence-electron chi connectivity index (χ1n) is 8.97. The molecular formula is C19H21N3O4. The highest BCUT2D eigenvalue weighted by Crippen LogP contribution is 2.39. The van der Waals surface area contributed by atoms with Crippen LogP contribution in [-0.2, 0) is 17.8 Å². The molecule has 7 nitrogen and oxygen atoms in total. The van der Waals surface area contributed by atoms with Gasteiger partial charge in [0.15, 0.2) is 0 Å². The summed E-state index contributed by atoms with van der Waals surface area (Å²) in [5.41, 5.74) is 2.00. The fraction of sp³-hybridized carbons (Fsp3) is 0.421. The lowest BCUT2D eigenvalue weighted by Crippen LogP contribution is -2.53. The molecule has 3 heterocycles. The standard InChI is InChI=1S/C19H21N3O4/c23-19(20-12-15-4-3-9-26-15)16-11-13-10-14(22(24)25)6-7-17(13)21-8-2-1-5-18(16)21/h3-4,6-7,9-10,16,18H,1-2,5,8,11-12H2,(H,20,23). The van der Waals surface area contributed by atoms with Gasteiger partial charge in [0.05, 0.1) is 23.6 Å². The van der Waals surface area contributed by atoms with Gasteiger partial charge in [-0.3, -0.25) is 14.9 Å². The van der Waals surface area contributed by atoms with Gasteiger partial charge in [-0.2, -0.15) is 0 Å². The molecule has 2 aromatic rings. The Balaban J connectivity index is 1.59. The smallest absolute Gasteiger partial charge is 0.269 e. The summed E-state index contributed by atoms with van der Waals surface area (Å²) in [5.74, 6) is 0.487. The molecule has 1 amide bonds. The molecule has 1 N–H and O–H groups in total. The molecule has 7 heteroatoms. The fourth-order valence-electron chi connectivity index (χ4n) is 4.16. The average molecular weight is 355 g/mol. The monoisotopic (exact) mass is 355 g/mol. The van der Waals surface area contributed by atoms with E-state index < -0.39 is 0 Å². The summed E-state index contributed by atoms with van der Waals surface area (Å²) in [4.78, 5) is 25.9. The summed E-state index contributed by atoms with van der Waals surface area (Å²) in [7, 11) is 0. The fourth-order valence-corrected chi connectivity index (χ4v) is 4.16. The molecule has 2 aliphatic rings. The van der Waals surface area contributed by atoms with Gasteiger partial charge in [0.2, 0.25) is 5.91 Å². The van der Waals surface area contributed by atoms with Crippen molar-refractivity contribution in [3.05, 3.63) is 58.0 Å². The van der Waals surface area contributed by atoms with Gasteiger partial charge in [0, 0.05) is 30.4 Å². The lowest BCUT2D eigenvalue weighted by Gasteiger charge is -2.45. The number of anilines is 1. The molecule has 0 aliphatic carbocycles. The van der Waals surface area contributed by atoms with Crippen LogP contribution in [0.1, 0.15) is 30.6 Å². The van der Waals surface area contributed by atoms with Crippen molar-refractivity contribution in [3.63, 3.8) is 0 Å². The van der Waals surface area contributed by atoms with Crippen molar-refractivity contribution in [2.45, 2.75) is 38.3 Å². The van der Waals surface area contributed by atoms with E-state index in [0.717, 1.165) is 37.1 Å². The second-order valence-corrected chi connectivity index (χ2v) is 6.93. The molecular weight excluding hydrogens is 334 g/mol. The molecule has 0 radical (unpaired) electrons. The third-order valence-electron chi connectivity index (χ3n) is 5.39. The molecule has 2 unspecified atom stereocenters. The number of furan rings is 1. The van der Waals surface area contributed by atoms with Crippen LogP contribution >= 0.6 is 0 Å². The zero-order valence-corrected chi connectivity index (χ0v) is 14.4. The number of piperidine rings is 1. The molecule has 2 atom stereocenters. The second-order valence-electron chi connectivity index (χ2n) is 6.93. The zero-order chi connectivity index (χ0) is 18.1. The number of rotatable bonds is 4. The molecule has 1 aromatic carbocycles.